The van der Waals surface area contributed by atoms with Gasteiger partial charge in [-0.2, -0.15) is 0 Å². The van der Waals surface area contributed by atoms with Crippen molar-refractivity contribution in [3.8, 4) is 0 Å². The fourth-order valence-electron chi connectivity index (χ4n) is 2.72. The van der Waals surface area contributed by atoms with Gasteiger partial charge in [0.15, 0.2) is 0 Å². The third-order valence-corrected chi connectivity index (χ3v) is 4.76. The van der Waals surface area contributed by atoms with Crippen molar-refractivity contribution in [2.24, 2.45) is 17.4 Å². The highest BCUT2D eigenvalue weighted by Gasteiger charge is 2.47. The topological polar surface area (TPSA) is 148 Å². The van der Waals surface area contributed by atoms with Gasteiger partial charge in [0.05, 0.1) is 12.6 Å². The van der Waals surface area contributed by atoms with Gasteiger partial charge in [0.1, 0.15) is 23.9 Å². The molecule has 24 heavy (non-hydrogen) atoms. The number of aliphatic hydroxyl groups is 3. The van der Waals surface area contributed by atoms with Gasteiger partial charge in [0.25, 0.3) is 0 Å². The molecule has 142 valence electrons. The molecule has 0 aromatic heterocycles. The Bertz CT molecular complexity index is 406. The lowest BCUT2D eigenvalue weighted by Crippen LogP contribution is -2.64. The maximum absolute atomic E-state index is 12.6. The number of esters is 1. The first-order valence-corrected chi connectivity index (χ1v) is 8.57. The molecular weight excluding hydrogens is 316 g/mol. The fraction of sp³-hybridized carbons (Fsp3) is 0.938. The summed E-state index contributed by atoms with van der Waals surface area (Å²) >= 11 is 0. The molecule has 1 heterocycles. The lowest BCUT2D eigenvalue weighted by molar-refractivity contribution is -0.262. The van der Waals surface area contributed by atoms with E-state index in [9.17, 15) is 20.1 Å². The molecule has 7 N–H and O–H groups in total. The van der Waals surface area contributed by atoms with Gasteiger partial charge in [0, 0.05) is 0 Å². The highest BCUT2D eigenvalue weighted by Crippen LogP contribution is 2.27. The summed E-state index contributed by atoms with van der Waals surface area (Å²) in [5, 5.41) is 28.9. The summed E-state index contributed by atoms with van der Waals surface area (Å²) in [7, 11) is 0. The van der Waals surface area contributed by atoms with Crippen molar-refractivity contribution < 1.29 is 29.6 Å². The molecule has 8 heteroatoms. The van der Waals surface area contributed by atoms with E-state index in [1.807, 2.05) is 13.8 Å². The lowest BCUT2D eigenvalue weighted by atomic mass is 9.82. The van der Waals surface area contributed by atoms with Crippen LogP contribution in [0.25, 0.3) is 0 Å². The van der Waals surface area contributed by atoms with Crippen LogP contribution in [0, 0.1) is 5.92 Å². The molecule has 1 aliphatic heterocycles. The summed E-state index contributed by atoms with van der Waals surface area (Å²) in [6.07, 6.45) is -1.87. The second kappa shape index (κ2) is 9.07. The third-order valence-electron chi connectivity index (χ3n) is 4.76. The van der Waals surface area contributed by atoms with Gasteiger partial charge in [-0.3, -0.25) is 0 Å². The summed E-state index contributed by atoms with van der Waals surface area (Å²) < 4.78 is 10.6. The van der Waals surface area contributed by atoms with Crippen molar-refractivity contribution in [3.05, 3.63) is 0 Å². The maximum Gasteiger partial charge on any atom is 0.328 e. The van der Waals surface area contributed by atoms with Crippen LogP contribution in [-0.2, 0) is 14.3 Å². The molecule has 1 aliphatic rings. The minimum atomic E-state index is -1.37. The first-order valence-electron chi connectivity index (χ1n) is 8.57. The summed E-state index contributed by atoms with van der Waals surface area (Å²) in [6, 6.07) is -1.13. The van der Waals surface area contributed by atoms with Gasteiger partial charge in [-0.15, -0.1) is 0 Å². The zero-order valence-electron chi connectivity index (χ0n) is 14.7. The predicted molar refractivity (Wildman–Crippen MR) is 87.7 cm³/mol. The van der Waals surface area contributed by atoms with E-state index < -0.39 is 48.8 Å². The number of aliphatic hydroxyl groups excluding tert-OH is 3. The summed E-state index contributed by atoms with van der Waals surface area (Å²) in [5.74, 6) is -0.819. The standard InChI is InChI=1S/C16H32N2O6/c1-4-5-6-7-16(18,9(2)3)15(22)24-14-11(17)13(21)12(20)10(8-19)23-14/h9-14,19-21H,4-8,17-18H2,1-3H3/t10-,11-,12-,13-,14?,16?/m1/s1. The van der Waals surface area contributed by atoms with E-state index in [0.29, 0.717) is 6.42 Å². The zero-order chi connectivity index (χ0) is 18.5. The quantitative estimate of drug-likeness (QED) is 0.284. The number of rotatable bonds is 8. The summed E-state index contributed by atoms with van der Waals surface area (Å²) in [6.45, 7) is 5.20. The normalized spacial score (nSPS) is 33.3. The van der Waals surface area contributed by atoms with Gasteiger partial charge >= 0.3 is 5.97 Å². The Hall–Kier alpha value is -0.770. The molecule has 8 nitrogen and oxygen atoms in total. The molecule has 0 aliphatic carbocycles. The van der Waals surface area contributed by atoms with Crippen LogP contribution in [0.15, 0.2) is 0 Å². The number of ether oxygens (including phenoxy) is 2. The Kier molecular flexibility index (Phi) is 8.04. The molecule has 0 amide bonds. The Morgan fingerprint density at radius 1 is 1.29 bits per heavy atom. The Morgan fingerprint density at radius 3 is 2.42 bits per heavy atom. The van der Waals surface area contributed by atoms with Crippen molar-refractivity contribution in [1.82, 2.24) is 0 Å². The maximum atomic E-state index is 12.6. The Morgan fingerprint density at radius 2 is 1.92 bits per heavy atom. The predicted octanol–water partition coefficient (Wildman–Crippen LogP) is -0.770. The zero-order valence-corrected chi connectivity index (χ0v) is 14.7. The lowest BCUT2D eigenvalue weighted by Gasteiger charge is -2.41. The fourth-order valence-corrected chi connectivity index (χ4v) is 2.72. The van der Waals surface area contributed by atoms with Crippen LogP contribution in [0.5, 0.6) is 0 Å². The van der Waals surface area contributed by atoms with E-state index in [4.69, 9.17) is 20.9 Å². The second-order valence-corrected chi connectivity index (χ2v) is 6.84. The molecule has 2 unspecified atom stereocenters. The number of hydrogen-bond acceptors (Lipinski definition) is 8. The van der Waals surface area contributed by atoms with Gasteiger partial charge < -0.3 is 36.3 Å². The summed E-state index contributed by atoms with van der Waals surface area (Å²) in [4.78, 5) is 12.6. The van der Waals surface area contributed by atoms with Crippen molar-refractivity contribution in [2.45, 2.75) is 82.6 Å². The van der Waals surface area contributed by atoms with Crippen LogP contribution in [0.2, 0.25) is 0 Å². The van der Waals surface area contributed by atoms with E-state index in [1.165, 1.54) is 0 Å². The van der Waals surface area contributed by atoms with E-state index in [-0.39, 0.29) is 5.92 Å². The largest absolute Gasteiger partial charge is 0.433 e. The molecular formula is C16H32N2O6. The number of unbranched alkanes of at least 4 members (excludes halogenated alkanes) is 2. The minimum Gasteiger partial charge on any atom is -0.433 e. The third kappa shape index (κ3) is 4.65. The van der Waals surface area contributed by atoms with Crippen LogP contribution in [-0.4, -0.2) is 64.1 Å². The van der Waals surface area contributed by atoms with Gasteiger partial charge in [-0.1, -0.05) is 40.0 Å². The average molecular weight is 348 g/mol. The van der Waals surface area contributed by atoms with E-state index in [0.717, 1.165) is 19.3 Å². The van der Waals surface area contributed by atoms with Crippen molar-refractivity contribution in [3.63, 3.8) is 0 Å². The molecule has 0 saturated carbocycles. The first kappa shape index (κ1) is 21.3. The number of carbonyl (C=O) groups is 1. The molecule has 0 bridgehead atoms. The van der Waals surface area contributed by atoms with Crippen LogP contribution < -0.4 is 11.5 Å². The molecule has 1 fully saturated rings. The van der Waals surface area contributed by atoms with Crippen molar-refractivity contribution in [2.75, 3.05) is 6.61 Å². The van der Waals surface area contributed by atoms with Crippen LogP contribution in [0.3, 0.4) is 0 Å². The molecule has 6 atom stereocenters. The highest BCUT2D eigenvalue weighted by molar-refractivity contribution is 5.81. The van der Waals surface area contributed by atoms with Gasteiger partial charge in [-0.25, -0.2) is 4.79 Å². The molecule has 0 aromatic carbocycles. The second-order valence-electron chi connectivity index (χ2n) is 6.84. The smallest absolute Gasteiger partial charge is 0.328 e. The first-order chi connectivity index (χ1) is 11.2. The van der Waals surface area contributed by atoms with Crippen molar-refractivity contribution >= 4 is 5.97 Å². The molecule has 1 saturated heterocycles. The van der Waals surface area contributed by atoms with Gasteiger partial charge in [-0.05, 0) is 12.3 Å². The minimum absolute atomic E-state index is 0.161. The average Bonchev–Trinajstić information content (AvgIpc) is 2.54. The number of hydrogen-bond donors (Lipinski definition) is 5. The monoisotopic (exact) mass is 348 g/mol. The Labute approximate surface area is 143 Å². The molecule has 0 radical (unpaired) electrons. The van der Waals surface area contributed by atoms with Gasteiger partial charge in [0.2, 0.25) is 6.29 Å². The molecule has 0 aromatic rings. The highest BCUT2D eigenvalue weighted by atomic mass is 16.7. The number of carbonyl (C=O) groups excluding carboxylic acids is 1. The van der Waals surface area contributed by atoms with E-state index >= 15 is 0 Å². The number of nitrogens with two attached hydrogens (primary N) is 2. The van der Waals surface area contributed by atoms with Crippen molar-refractivity contribution in [1.29, 1.82) is 0 Å². The SMILES string of the molecule is CCCCCC(N)(C(=O)OC1O[C@H](CO)[C@@H](O)[C@H](O)[C@H]1N)C(C)C. The van der Waals surface area contributed by atoms with Crippen LogP contribution in [0.4, 0.5) is 0 Å². The Balaban J connectivity index is 2.82. The van der Waals surface area contributed by atoms with Crippen LogP contribution in [0.1, 0.15) is 46.5 Å². The van der Waals surface area contributed by atoms with E-state index in [2.05, 4.69) is 6.92 Å². The molecule has 0 spiro atoms. The molecule has 1 rings (SSSR count). The van der Waals surface area contributed by atoms with Crippen LogP contribution >= 0.6 is 0 Å². The van der Waals surface area contributed by atoms with E-state index in [1.54, 1.807) is 0 Å². The summed E-state index contributed by atoms with van der Waals surface area (Å²) in [5.41, 5.74) is 10.9.